The Labute approximate surface area is 147 Å². The van der Waals surface area contributed by atoms with Gasteiger partial charge in [0.05, 0.1) is 11.6 Å². The van der Waals surface area contributed by atoms with Gasteiger partial charge in [-0.15, -0.1) is 0 Å². The molecule has 3 rings (SSSR count). The molecule has 1 aromatic carbocycles. The van der Waals surface area contributed by atoms with Gasteiger partial charge in [-0.1, -0.05) is 23.7 Å². The molecule has 0 radical (unpaired) electrons. The minimum Gasteiger partial charge on any atom is -0.366 e. The van der Waals surface area contributed by atoms with E-state index in [1.807, 2.05) is 29.0 Å². The predicted molar refractivity (Wildman–Crippen MR) is 94.4 cm³/mol. The third kappa shape index (κ3) is 3.50. The Morgan fingerprint density at radius 3 is 2.50 bits per heavy atom. The third-order valence-electron chi connectivity index (χ3n) is 3.57. The molecule has 0 aliphatic carbocycles. The molecule has 2 aromatic heterocycles. The van der Waals surface area contributed by atoms with Gasteiger partial charge in [-0.25, -0.2) is 0 Å². The summed E-state index contributed by atoms with van der Waals surface area (Å²) in [6.07, 6.45) is 1.42. The van der Waals surface area contributed by atoms with Crippen LogP contribution < -0.4 is 11.1 Å². The maximum Gasteiger partial charge on any atom is 0.268 e. The van der Waals surface area contributed by atoms with Gasteiger partial charge in [0, 0.05) is 11.2 Å². The number of primary amides is 1. The number of H-pyrrole nitrogens is 1. The van der Waals surface area contributed by atoms with Crippen LogP contribution >= 0.6 is 22.9 Å². The van der Waals surface area contributed by atoms with Crippen molar-refractivity contribution in [3.05, 3.63) is 80.8 Å². The maximum atomic E-state index is 12.5. The first-order valence-electron chi connectivity index (χ1n) is 7.11. The lowest BCUT2D eigenvalue weighted by Gasteiger charge is -2.18. The number of carbonyl (C=O) groups is 2. The van der Waals surface area contributed by atoms with Crippen molar-refractivity contribution in [3.8, 4) is 0 Å². The maximum absolute atomic E-state index is 12.5. The van der Waals surface area contributed by atoms with Gasteiger partial charge < -0.3 is 16.0 Å². The highest BCUT2D eigenvalue weighted by molar-refractivity contribution is 7.08. The molecule has 122 valence electrons. The van der Waals surface area contributed by atoms with Crippen molar-refractivity contribution < 1.29 is 9.59 Å². The van der Waals surface area contributed by atoms with Crippen LogP contribution in [-0.2, 0) is 0 Å². The molecule has 0 saturated carbocycles. The Morgan fingerprint density at radius 1 is 1.17 bits per heavy atom. The number of halogens is 1. The zero-order chi connectivity index (χ0) is 17.1. The molecule has 1 unspecified atom stereocenters. The van der Waals surface area contributed by atoms with Gasteiger partial charge in [0.15, 0.2) is 0 Å². The molecule has 4 N–H and O–H groups in total. The molecule has 5 nitrogen and oxygen atoms in total. The number of nitrogens with two attached hydrogens (primary N) is 1. The van der Waals surface area contributed by atoms with Crippen molar-refractivity contribution in [2.45, 2.75) is 6.04 Å². The second-order valence-corrected chi connectivity index (χ2v) is 6.40. The highest BCUT2D eigenvalue weighted by Crippen LogP contribution is 2.25. The molecule has 24 heavy (non-hydrogen) atoms. The Bertz CT molecular complexity index is 856. The van der Waals surface area contributed by atoms with Crippen LogP contribution in [0.25, 0.3) is 0 Å². The van der Waals surface area contributed by atoms with Crippen molar-refractivity contribution in [1.82, 2.24) is 10.3 Å². The van der Waals surface area contributed by atoms with E-state index >= 15 is 0 Å². The summed E-state index contributed by atoms with van der Waals surface area (Å²) < 4.78 is 0. The van der Waals surface area contributed by atoms with Crippen LogP contribution in [0.2, 0.25) is 5.02 Å². The number of thiophene rings is 1. The normalized spacial score (nSPS) is 11.9. The van der Waals surface area contributed by atoms with Gasteiger partial charge in [0.2, 0.25) is 5.91 Å². The number of aromatic amines is 1. The number of carbonyl (C=O) groups excluding carboxylic acids is 2. The first kappa shape index (κ1) is 16.3. The lowest BCUT2D eigenvalue weighted by Crippen LogP contribution is -2.29. The van der Waals surface area contributed by atoms with E-state index in [9.17, 15) is 9.59 Å². The highest BCUT2D eigenvalue weighted by Gasteiger charge is 2.19. The molecule has 0 saturated heterocycles. The van der Waals surface area contributed by atoms with Gasteiger partial charge >= 0.3 is 0 Å². The molecule has 0 bridgehead atoms. The van der Waals surface area contributed by atoms with Gasteiger partial charge in [0.25, 0.3) is 5.91 Å². The molecular formula is C17H14ClN3O2S. The summed E-state index contributed by atoms with van der Waals surface area (Å²) in [5.41, 5.74) is 7.63. The number of nitrogens with one attached hydrogen (secondary N) is 2. The van der Waals surface area contributed by atoms with E-state index in [1.165, 1.54) is 12.3 Å². The zero-order valence-corrected chi connectivity index (χ0v) is 14.0. The Balaban J connectivity index is 1.87. The fourth-order valence-corrected chi connectivity index (χ4v) is 3.14. The Kier molecular flexibility index (Phi) is 4.69. The quantitative estimate of drug-likeness (QED) is 0.652. The Hall–Kier alpha value is -2.57. The number of rotatable bonds is 5. The molecule has 0 aliphatic rings. The number of hydrogen-bond donors (Lipinski definition) is 3. The second kappa shape index (κ2) is 6.90. The number of hydrogen-bond acceptors (Lipinski definition) is 3. The van der Waals surface area contributed by atoms with Crippen molar-refractivity contribution in [1.29, 1.82) is 0 Å². The van der Waals surface area contributed by atoms with E-state index in [2.05, 4.69) is 10.3 Å². The highest BCUT2D eigenvalue weighted by atomic mass is 35.5. The van der Waals surface area contributed by atoms with E-state index in [0.29, 0.717) is 5.02 Å². The number of benzene rings is 1. The van der Waals surface area contributed by atoms with Crippen LogP contribution in [0.15, 0.2) is 53.4 Å². The molecule has 1 atom stereocenters. The van der Waals surface area contributed by atoms with E-state index < -0.39 is 5.91 Å². The molecule has 2 heterocycles. The van der Waals surface area contributed by atoms with Gasteiger partial charge in [-0.05, 0) is 46.2 Å². The van der Waals surface area contributed by atoms with Crippen LogP contribution in [0.5, 0.6) is 0 Å². The summed E-state index contributed by atoms with van der Waals surface area (Å²) in [4.78, 5) is 26.4. The molecule has 0 aliphatic heterocycles. The smallest absolute Gasteiger partial charge is 0.268 e. The van der Waals surface area contributed by atoms with E-state index in [4.69, 9.17) is 17.3 Å². The van der Waals surface area contributed by atoms with Crippen LogP contribution in [0.3, 0.4) is 0 Å². The minimum atomic E-state index is -0.586. The van der Waals surface area contributed by atoms with Crippen molar-refractivity contribution in [2.24, 2.45) is 5.73 Å². The molecular weight excluding hydrogens is 346 g/mol. The number of amides is 2. The van der Waals surface area contributed by atoms with E-state index in [0.717, 1.165) is 11.1 Å². The second-order valence-electron chi connectivity index (χ2n) is 5.18. The summed E-state index contributed by atoms with van der Waals surface area (Å²) in [5.74, 6) is -0.911. The van der Waals surface area contributed by atoms with Crippen molar-refractivity contribution >= 4 is 34.8 Å². The largest absolute Gasteiger partial charge is 0.366 e. The van der Waals surface area contributed by atoms with E-state index in [-0.39, 0.29) is 23.2 Å². The summed E-state index contributed by atoms with van der Waals surface area (Å²) in [6, 6.07) is 10.4. The first-order chi connectivity index (χ1) is 11.5. The van der Waals surface area contributed by atoms with Crippen LogP contribution in [-0.4, -0.2) is 16.8 Å². The summed E-state index contributed by atoms with van der Waals surface area (Å²) >= 11 is 7.49. The minimum absolute atomic E-state index is 0.263. The molecule has 0 fully saturated rings. The fraction of sp³-hybridized carbons (Fsp3) is 0.0588. The van der Waals surface area contributed by atoms with Gasteiger partial charge in [-0.3, -0.25) is 9.59 Å². The molecule has 3 aromatic rings. The summed E-state index contributed by atoms with van der Waals surface area (Å²) in [7, 11) is 0. The number of aromatic nitrogens is 1. The average molecular weight is 360 g/mol. The third-order valence-corrected chi connectivity index (χ3v) is 4.52. The van der Waals surface area contributed by atoms with Crippen LogP contribution in [0.1, 0.15) is 38.0 Å². The molecule has 7 heteroatoms. The SMILES string of the molecule is NC(=O)c1c[nH]c(C(=O)NC(c2ccc(Cl)cc2)c2ccsc2)c1. The lowest BCUT2D eigenvalue weighted by molar-refractivity contribution is 0.0938. The first-order valence-corrected chi connectivity index (χ1v) is 8.43. The summed E-state index contributed by atoms with van der Waals surface area (Å²) in [6.45, 7) is 0. The zero-order valence-electron chi connectivity index (χ0n) is 12.5. The van der Waals surface area contributed by atoms with Crippen LogP contribution in [0, 0.1) is 0 Å². The van der Waals surface area contributed by atoms with Crippen LogP contribution in [0.4, 0.5) is 0 Å². The monoisotopic (exact) mass is 359 g/mol. The van der Waals surface area contributed by atoms with E-state index in [1.54, 1.807) is 23.5 Å². The lowest BCUT2D eigenvalue weighted by atomic mass is 10.0. The van der Waals surface area contributed by atoms with Crippen molar-refractivity contribution in [2.75, 3.05) is 0 Å². The van der Waals surface area contributed by atoms with Gasteiger partial charge in [0.1, 0.15) is 5.69 Å². The topological polar surface area (TPSA) is 88.0 Å². The van der Waals surface area contributed by atoms with Gasteiger partial charge in [-0.2, -0.15) is 11.3 Å². The average Bonchev–Trinajstić information content (AvgIpc) is 3.25. The summed E-state index contributed by atoms with van der Waals surface area (Å²) in [5, 5.41) is 7.52. The molecule has 0 spiro atoms. The predicted octanol–water partition coefficient (Wildman–Crippen LogP) is 3.35. The molecule has 2 amide bonds. The van der Waals surface area contributed by atoms with Crippen molar-refractivity contribution in [3.63, 3.8) is 0 Å². The standard InChI is InChI=1S/C17H14ClN3O2S/c18-13-3-1-10(2-4-13)15(11-5-6-24-9-11)21-17(23)14-7-12(8-20-14)16(19)22/h1-9,15,20H,(H2,19,22)(H,21,23). The Morgan fingerprint density at radius 2 is 1.92 bits per heavy atom. The fourth-order valence-electron chi connectivity index (χ4n) is 2.33.